The lowest BCUT2D eigenvalue weighted by Crippen LogP contribution is -2.23. The third kappa shape index (κ3) is 3.63. The number of aromatic nitrogens is 1. The van der Waals surface area contributed by atoms with Crippen molar-refractivity contribution < 1.29 is 4.79 Å². The minimum Gasteiger partial charge on any atom is -0.348 e. The SMILES string of the molecule is Cc1ccccc1-c1cc(Cl)ncc1C(=O)NCc1ccccc1. The van der Waals surface area contributed by atoms with Gasteiger partial charge in [-0.3, -0.25) is 4.79 Å². The number of halogens is 1. The predicted molar refractivity (Wildman–Crippen MR) is 97.0 cm³/mol. The maximum atomic E-state index is 12.6. The van der Waals surface area contributed by atoms with E-state index in [0.717, 1.165) is 22.3 Å². The van der Waals surface area contributed by atoms with E-state index >= 15 is 0 Å². The Morgan fingerprint density at radius 2 is 1.75 bits per heavy atom. The number of pyridine rings is 1. The largest absolute Gasteiger partial charge is 0.348 e. The highest BCUT2D eigenvalue weighted by molar-refractivity contribution is 6.29. The molecule has 0 bridgehead atoms. The quantitative estimate of drug-likeness (QED) is 0.705. The van der Waals surface area contributed by atoms with Crippen LogP contribution in [-0.4, -0.2) is 10.9 Å². The number of nitrogens with zero attached hydrogens (tertiary/aromatic N) is 1. The molecule has 0 saturated heterocycles. The molecule has 0 aliphatic carbocycles. The van der Waals surface area contributed by atoms with Crippen molar-refractivity contribution in [3.63, 3.8) is 0 Å². The Hall–Kier alpha value is -2.65. The third-order valence-corrected chi connectivity index (χ3v) is 4.05. The van der Waals surface area contributed by atoms with Gasteiger partial charge in [0.05, 0.1) is 5.56 Å². The van der Waals surface area contributed by atoms with Crippen LogP contribution in [0.2, 0.25) is 5.15 Å². The van der Waals surface area contributed by atoms with Gasteiger partial charge in [-0.2, -0.15) is 0 Å². The van der Waals surface area contributed by atoms with Gasteiger partial charge < -0.3 is 5.32 Å². The summed E-state index contributed by atoms with van der Waals surface area (Å²) in [7, 11) is 0. The van der Waals surface area contributed by atoms with Crippen LogP contribution in [0.25, 0.3) is 11.1 Å². The molecule has 0 saturated carbocycles. The van der Waals surface area contributed by atoms with Gasteiger partial charge in [-0.05, 0) is 35.2 Å². The van der Waals surface area contributed by atoms with Crippen LogP contribution < -0.4 is 5.32 Å². The van der Waals surface area contributed by atoms with Gasteiger partial charge in [-0.1, -0.05) is 66.2 Å². The summed E-state index contributed by atoms with van der Waals surface area (Å²) in [6, 6.07) is 19.4. The molecule has 1 N–H and O–H groups in total. The molecular formula is C20H17ClN2O. The zero-order valence-corrected chi connectivity index (χ0v) is 14.0. The van der Waals surface area contributed by atoms with Gasteiger partial charge in [-0.25, -0.2) is 4.98 Å². The van der Waals surface area contributed by atoms with E-state index in [4.69, 9.17) is 11.6 Å². The summed E-state index contributed by atoms with van der Waals surface area (Å²) in [4.78, 5) is 16.7. The average molecular weight is 337 g/mol. The molecular weight excluding hydrogens is 320 g/mol. The summed E-state index contributed by atoms with van der Waals surface area (Å²) in [6.07, 6.45) is 1.53. The molecule has 0 spiro atoms. The molecule has 2 aromatic carbocycles. The second-order valence-corrected chi connectivity index (χ2v) is 5.92. The smallest absolute Gasteiger partial charge is 0.253 e. The van der Waals surface area contributed by atoms with E-state index in [9.17, 15) is 4.79 Å². The summed E-state index contributed by atoms with van der Waals surface area (Å²) in [6.45, 7) is 2.48. The number of amides is 1. The molecule has 3 nitrogen and oxygen atoms in total. The molecule has 24 heavy (non-hydrogen) atoms. The lowest BCUT2D eigenvalue weighted by atomic mass is 9.97. The number of aryl methyl sites for hydroxylation is 1. The van der Waals surface area contributed by atoms with Crippen LogP contribution in [0.3, 0.4) is 0 Å². The first-order valence-electron chi connectivity index (χ1n) is 7.69. The maximum absolute atomic E-state index is 12.6. The van der Waals surface area contributed by atoms with Crippen molar-refractivity contribution in [3.8, 4) is 11.1 Å². The minimum absolute atomic E-state index is 0.165. The number of hydrogen-bond donors (Lipinski definition) is 1. The van der Waals surface area contributed by atoms with Crippen molar-refractivity contribution in [1.29, 1.82) is 0 Å². The van der Waals surface area contributed by atoms with E-state index in [1.807, 2.05) is 61.5 Å². The highest BCUT2D eigenvalue weighted by Crippen LogP contribution is 2.28. The zero-order chi connectivity index (χ0) is 16.9. The lowest BCUT2D eigenvalue weighted by molar-refractivity contribution is 0.0951. The monoisotopic (exact) mass is 336 g/mol. The zero-order valence-electron chi connectivity index (χ0n) is 13.3. The van der Waals surface area contributed by atoms with Crippen LogP contribution in [0, 0.1) is 6.92 Å². The summed E-state index contributed by atoms with van der Waals surface area (Å²) in [5, 5.41) is 3.31. The maximum Gasteiger partial charge on any atom is 0.253 e. The van der Waals surface area contributed by atoms with Crippen LogP contribution in [-0.2, 0) is 6.54 Å². The van der Waals surface area contributed by atoms with E-state index in [2.05, 4.69) is 10.3 Å². The first kappa shape index (κ1) is 16.2. The van der Waals surface area contributed by atoms with E-state index < -0.39 is 0 Å². The molecule has 0 aliphatic rings. The first-order valence-corrected chi connectivity index (χ1v) is 8.06. The Labute approximate surface area is 146 Å². The molecule has 1 aromatic heterocycles. The van der Waals surface area contributed by atoms with Crippen molar-refractivity contribution in [2.75, 3.05) is 0 Å². The van der Waals surface area contributed by atoms with Crippen molar-refractivity contribution in [2.24, 2.45) is 0 Å². The van der Waals surface area contributed by atoms with Gasteiger partial charge in [0.15, 0.2) is 0 Å². The summed E-state index contributed by atoms with van der Waals surface area (Å²) >= 11 is 6.05. The van der Waals surface area contributed by atoms with Crippen LogP contribution in [0.15, 0.2) is 66.9 Å². The van der Waals surface area contributed by atoms with E-state index in [1.54, 1.807) is 6.07 Å². The molecule has 1 heterocycles. The molecule has 0 fully saturated rings. The number of carbonyl (C=O) groups excluding carboxylic acids is 1. The second-order valence-electron chi connectivity index (χ2n) is 5.54. The highest BCUT2D eigenvalue weighted by Gasteiger charge is 2.15. The van der Waals surface area contributed by atoms with Crippen LogP contribution in [0.5, 0.6) is 0 Å². The molecule has 0 radical (unpaired) electrons. The van der Waals surface area contributed by atoms with E-state index in [1.165, 1.54) is 6.20 Å². The van der Waals surface area contributed by atoms with Gasteiger partial charge in [-0.15, -0.1) is 0 Å². The normalized spacial score (nSPS) is 10.4. The highest BCUT2D eigenvalue weighted by atomic mass is 35.5. The fourth-order valence-electron chi connectivity index (χ4n) is 2.58. The number of rotatable bonds is 4. The van der Waals surface area contributed by atoms with Crippen LogP contribution >= 0.6 is 11.6 Å². The first-order chi connectivity index (χ1) is 11.6. The van der Waals surface area contributed by atoms with Crippen molar-refractivity contribution in [1.82, 2.24) is 10.3 Å². The fraction of sp³-hybridized carbons (Fsp3) is 0.100. The summed E-state index contributed by atoms with van der Waals surface area (Å²) in [5.41, 5.74) is 4.41. The van der Waals surface area contributed by atoms with E-state index in [0.29, 0.717) is 17.3 Å². The van der Waals surface area contributed by atoms with Gasteiger partial charge in [0, 0.05) is 12.7 Å². The Kier molecular flexibility index (Phi) is 4.92. The van der Waals surface area contributed by atoms with Gasteiger partial charge in [0.1, 0.15) is 5.15 Å². The molecule has 0 unspecified atom stereocenters. The number of nitrogens with one attached hydrogen (secondary N) is 1. The molecule has 0 aliphatic heterocycles. The topological polar surface area (TPSA) is 42.0 Å². The minimum atomic E-state index is -0.165. The van der Waals surface area contributed by atoms with E-state index in [-0.39, 0.29) is 5.91 Å². The van der Waals surface area contributed by atoms with Crippen LogP contribution in [0.1, 0.15) is 21.5 Å². The molecule has 3 aromatic rings. The van der Waals surface area contributed by atoms with Crippen LogP contribution in [0.4, 0.5) is 0 Å². The average Bonchev–Trinajstić information content (AvgIpc) is 2.61. The standard InChI is InChI=1S/C20H17ClN2O/c1-14-7-5-6-10-16(14)17-11-19(21)22-13-18(17)20(24)23-12-15-8-3-2-4-9-15/h2-11,13H,12H2,1H3,(H,23,24). The fourth-order valence-corrected chi connectivity index (χ4v) is 2.74. The van der Waals surface area contributed by atoms with Crippen molar-refractivity contribution in [2.45, 2.75) is 13.5 Å². The number of hydrogen-bond acceptors (Lipinski definition) is 2. The Morgan fingerprint density at radius 1 is 1.04 bits per heavy atom. The molecule has 1 amide bonds. The number of benzene rings is 2. The Bertz CT molecular complexity index is 863. The Balaban J connectivity index is 1.90. The molecule has 120 valence electrons. The Morgan fingerprint density at radius 3 is 2.50 bits per heavy atom. The molecule has 0 atom stereocenters. The van der Waals surface area contributed by atoms with Gasteiger partial charge in [0.2, 0.25) is 0 Å². The summed E-state index contributed by atoms with van der Waals surface area (Å²) < 4.78 is 0. The molecule has 4 heteroatoms. The number of carbonyl (C=O) groups is 1. The predicted octanol–water partition coefficient (Wildman–Crippen LogP) is 4.64. The second kappa shape index (κ2) is 7.28. The third-order valence-electron chi connectivity index (χ3n) is 3.85. The van der Waals surface area contributed by atoms with Crippen molar-refractivity contribution >= 4 is 17.5 Å². The molecule has 3 rings (SSSR count). The van der Waals surface area contributed by atoms with Crippen molar-refractivity contribution in [3.05, 3.63) is 88.7 Å². The summed E-state index contributed by atoms with van der Waals surface area (Å²) in [5.74, 6) is -0.165. The van der Waals surface area contributed by atoms with Gasteiger partial charge in [0.25, 0.3) is 5.91 Å². The van der Waals surface area contributed by atoms with Gasteiger partial charge >= 0.3 is 0 Å². The lowest BCUT2D eigenvalue weighted by Gasteiger charge is -2.12.